The van der Waals surface area contributed by atoms with E-state index in [2.05, 4.69) is 9.97 Å². The molecule has 0 amide bonds. The Morgan fingerprint density at radius 3 is 1.43 bits per heavy atom. The van der Waals surface area contributed by atoms with E-state index in [4.69, 9.17) is 5.11 Å². The van der Waals surface area contributed by atoms with Crippen molar-refractivity contribution >= 4 is 21.6 Å². The van der Waals surface area contributed by atoms with E-state index in [1.165, 1.54) is 18.3 Å². The van der Waals surface area contributed by atoms with Gasteiger partial charge in [-0.15, -0.1) is 0 Å². The first-order valence-electron chi connectivity index (χ1n) is 6.41. The molecular weight excluding hydrogens is 583 g/mol. The largest absolute Gasteiger partial charge is 2.00 e. The number of halogens is 12. The van der Waals surface area contributed by atoms with Crippen LogP contribution in [0, 0.1) is 0 Å². The van der Waals surface area contributed by atoms with Crippen molar-refractivity contribution in [3.05, 3.63) is 48.3 Å². The van der Waals surface area contributed by atoms with Crippen molar-refractivity contribution in [3.8, 4) is 11.4 Å². The summed E-state index contributed by atoms with van der Waals surface area (Å²) in [4.78, 5) is 18.9. The Hall–Kier alpha value is -1.59. The van der Waals surface area contributed by atoms with Crippen LogP contribution < -0.4 is 0 Å². The number of rotatable bonds is 2. The van der Waals surface area contributed by atoms with Crippen molar-refractivity contribution in [2.75, 3.05) is 0 Å². The number of pyridine rings is 2. The third-order valence-corrected chi connectivity index (χ3v) is 1.93. The Bertz CT molecular complexity index is 822. The van der Waals surface area contributed by atoms with Crippen LogP contribution in [0.2, 0.25) is 0 Å². The fraction of sp³-hybridized carbons (Fsp3) is 0. The predicted octanol–water partition coefficient (Wildman–Crippen LogP) is 8.60. The molecule has 19 heteroatoms. The van der Waals surface area contributed by atoms with Crippen LogP contribution in [-0.2, 0) is 19.5 Å². The average Bonchev–Trinajstić information content (AvgIpc) is 2.42. The molecule has 2 aromatic heterocycles. The predicted molar refractivity (Wildman–Crippen MR) is 81.6 cm³/mol. The van der Waals surface area contributed by atoms with E-state index < -0.39 is 21.6 Å². The van der Waals surface area contributed by atoms with Gasteiger partial charge in [-0.25, -0.2) is 4.79 Å². The van der Waals surface area contributed by atoms with Crippen LogP contribution in [0.1, 0.15) is 10.4 Å². The standard InChI is InChI=1S/C11H8N2O2.2F6P.Ru/c14-11(15)8-4-6-13-10(7-8)9-3-1-2-5-12-9;2*1-7(2,3,4,5)6;/h1-7H,(H,14,15);;;/q;2*-1;+2. The summed E-state index contributed by atoms with van der Waals surface area (Å²) in [7, 11) is -21.3. The number of hydrogen-bond donors (Lipinski definition) is 1. The molecule has 0 fully saturated rings. The summed E-state index contributed by atoms with van der Waals surface area (Å²) in [5.41, 5.74) is 1.45. The van der Waals surface area contributed by atoms with E-state index >= 15 is 0 Å². The maximum Gasteiger partial charge on any atom is 2.00 e. The summed E-state index contributed by atoms with van der Waals surface area (Å²) in [6, 6.07) is 8.37. The number of carbonyl (C=O) groups is 1. The molecule has 0 bridgehead atoms. The van der Waals surface area contributed by atoms with Gasteiger partial charge in [0.2, 0.25) is 0 Å². The summed E-state index contributed by atoms with van der Waals surface area (Å²) in [5, 5.41) is 8.81. The van der Waals surface area contributed by atoms with Crippen LogP contribution in [0.5, 0.6) is 0 Å². The fourth-order valence-corrected chi connectivity index (χ4v) is 1.22. The molecule has 0 aliphatic rings. The first kappa shape index (κ1) is 30.6. The van der Waals surface area contributed by atoms with Crippen molar-refractivity contribution in [1.82, 2.24) is 9.97 Å². The molecule has 0 aromatic carbocycles. The molecule has 0 radical (unpaired) electrons. The molecule has 0 spiro atoms. The number of carboxylic acids is 1. The Balaban J connectivity index is 0. The van der Waals surface area contributed by atoms with Crippen LogP contribution >= 0.6 is 15.6 Å². The number of carboxylic acid groups (broad SMARTS) is 1. The first-order chi connectivity index (χ1) is 12.2. The molecule has 176 valence electrons. The molecule has 0 unspecified atom stereocenters. The molecule has 0 saturated carbocycles. The van der Waals surface area contributed by atoms with E-state index in [1.54, 1.807) is 18.3 Å². The Morgan fingerprint density at radius 1 is 0.700 bits per heavy atom. The second-order valence-electron chi connectivity index (χ2n) is 4.87. The van der Waals surface area contributed by atoms with Gasteiger partial charge in [-0.3, -0.25) is 9.97 Å². The summed E-state index contributed by atoms with van der Waals surface area (Å²) in [6.45, 7) is 0. The average molecular weight is 591 g/mol. The second kappa shape index (κ2) is 7.83. The van der Waals surface area contributed by atoms with E-state index in [0.29, 0.717) is 11.4 Å². The summed E-state index contributed by atoms with van der Waals surface area (Å²) >= 11 is 0. The Morgan fingerprint density at radius 2 is 1.10 bits per heavy atom. The molecule has 0 aliphatic heterocycles. The second-order valence-corrected chi connectivity index (χ2v) is 8.70. The molecule has 0 saturated heterocycles. The molecule has 1 N–H and O–H groups in total. The molecule has 2 aromatic rings. The van der Waals surface area contributed by atoms with Gasteiger partial charge in [0.25, 0.3) is 0 Å². The van der Waals surface area contributed by atoms with Gasteiger partial charge in [-0.05, 0) is 24.3 Å². The number of aromatic nitrogens is 2. The molecule has 0 atom stereocenters. The fourth-order valence-electron chi connectivity index (χ4n) is 1.22. The number of aromatic carboxylic acids is 1. The first-order valence-corrected chi connectivity index (χ1v) is 10.5. The van der Waals surface area contributed by atoms with Gasteiger partial charge in [-0.2, -0.15) is 0 Å². The van der Waals surface area contributed by atoms with Gasteiger partial charge in [0.1, 0.15) is 0 Å². The van der Waals surface area contributed by atoms with Gasteiger partial charge in [-0.1, -0.05) is 6.07 Å². The van der Waals surface area contributed by atoms with E-state index in [-0.39, 0.29) is 25.0 Å². The summed E-state index contributed by atoms with van der Waals surface area (Å²) in [6.07, 6.45) is 3.11. The van der Waals surface area contributed by atoms with Crippen LogP contribution in [0.15, 0.2) is 42.7 Å². The van der Waals surface area contributed by atoms with Crippen LogP contribution in [0.4, 0.5) is 50.4 Å². The molecule has 30 heavy (non-hydrogen) atoms. The minimum atomic E-state index is -10.7. The van der Waals surface area contributed by atoms with Crippen LogP contribution in [-0.4, -0.2) is 21.0 Å². The number of hydrogen-bond acceptors (Lipinski definition) is 3. The normalized spacial score (nSPS) is 15.7. The summed E-state index contributed by atoms with van der Waals surface area (Å²) < 4.78 is 118. The van der Waals surface area contributed by atoms with Crippen molar-refractivity contribution in [1.29, 1.82) is 0 Å². The zero-order valence-corrected chi connectivity index (χ0v) is 17.1. The topological polar surface area (TPSA) is 63.1 Å². The van der Waals surface area contributed by atoms with Gasteiger partial charge in [0, 0.05) is 12.4 Å². The van der Waals surface area contributed by atoms with Gasteiger partial charge in [0.05, 0.1) is 17.0 Å². The van der Waals surface area contributed by atoms with Crippen molar-refractivity contribution in [3.63, 3.8) is 0 Å². The molecule has 4 nitrogen and oxygen atoms in total. The maximum atomic E-state index is 10.7. The minimum Gasteiger partial charge on any atom is -0.478 e. The molecule has 0 aliphatic carbocycles. The van der Waals surface area contributed by atoms with Gasteiger partial charge < -0.3 is 5.11 Å². The van der Waals surface area contributed by atoms with Gasteiger partial charge in [0.15, 0.2) is 0 Å². The zero-order chi connectivity index (χ0) is 23.5. The van der Waals surface area contributed by atoms with E-state index in [1.807, 2.05) is 6.07 Å². The Kier molecular flexibility index (Phi) is 7.99. The monoisotopic (exact) mass is 592 g/mol. The minimum absolute atomic E-state index is 0. The molecule has 2 heterocycles. The van der Waals surface area contributed by atoms with E-state index in [9.17, 15) is 55.2 Å². The van der Waals surface area contributed by atoms with Crippen molar-refractivity contribution in [2.24, 2.45) is 0 Å². The Labute approximate surface area is 171 Å². The smallest absolute Gasteiger partial charge is 0.478 e. The van der Waals surface area contributed by atoms with Crippen LogP contribution in [0.3, 0.4) is 0 Å². The van der Waals surface area contributed by atoms with Gasteiger partial charge >= 0.3 is 91.4 Å². The van der Waals surface area contributed by atoms with Crippen molar-refractivity contribution in [2.45, 2.75) is 0 Å². The molecular formula is C11H8F12N2O2P2Ru. The van der Waals surface area contributed by atoms with Crippen molar-refractivity contribution < 1.29 is 79.7 Å². The quantitative estimate of drug-likeness (QED) is 0.216. The third kappa shape index (κ3) is 28.6. The van der Waals surface area contributed by atoms with E-state index in [0.717, 1.165) is 0 Å². The third-order valence-electron chi connectivity index (χ3n) is 1.93. The zero-order valence-electron chi connectivity index (χ0n) is 13.6. The molecule has 2 rings (SSSR count). The SMILES string of the molecule is F[P-](F)(F)(F)(F)F.F[P-](F)(F)(F)(F)F.O=C(O)c1ccnc(-c2ccccn2)c1.[Ru+2]. The summed E-state index contributed by atoms with van der Waals surface area (Å²) in [5.74, 6) is -0.963. The van der Waals surface area contributed by atoms with Crippen LogP contribution in [0.25, 0.3) is 11.4 Å². The number of nitrogens with zero attached hydrogens (tertiary/aromatic N) is 2. The maximum absolute atomic E-state index is 10.7.